The number of halogens is 1. The van der Waals surface area contributed by atoms with Crippen LogP contribution in [0.4, 0.5) is 5.69 Å². The van der Waals surface area contributed by atoms with E-state index in [1.807, 2.05) is 50.5 Å². The van der Waals surface area contributed by atoms with Gasteiger partial charge in [-0.15, -0.1) is 0 Å². The second kappa shape index (κ2) is 5.32. The molecule has 0 spiro atoms. The molecule has 18 heavy (non-hydrogen) atoms. The first-order chi connectivity index (χ1) is 8.63. The maximum atomic E-state index is 6.32. The molecule has 0 radical (unpaired) electrons. The normalized spacial score (nSPS) is 10.2. The summed E-state index contributed by atoms with van der Waals surface area (Å²) in [6.07, 6.45) is 0. The van der Waals surface area contributed by atoms with Crippen LogP contribution in [0.1, 0.15) is 0 Å². The van der Waals surface area contributed by atoms with Gasteiger partial charge in [-0.3, -0.25) is 0 Å². The summed E-state index contributed by atoms with van der Waals surface area (Å²) in [4.78, 5) is 2.06. The third-order valence-corrected chi connectivity index (χ3v) is 3.17. The highest BCUT2D eigenvalue weighted by Gasteiger charge is 2.10. The maximum absolute atomic E-state index is 6.32. The van der Waals surface area contributed by atoms with Crippen LogP contribution in [0.25, 0.3) is 11.1 Å². The predicted molar refractivity (Wildman–Crippen MR) is 77.8 cm³/mol. The van der Waals surface area contributed by atoms with E-state index in [1.54, 1.807) is 7.11 Å². The second-order valence-corrected chi connectivity index (χ2v) is 4.66. The zero-order valence-corrected chi connectivity index (χ0v) is 11.5. The quantitative estimate of drug-likeness (QED) is 0.825. The summed E-state index contributed by atoms with van der Waals surface area (Å²) in [5.74, 6) is 0.845. The van der Waals surface area contributed by atoms with Gasteiger partial charge >= 0.3 is 0 Å². The Balaban J connectivity index is 2.54. The zero-order chi connectivity index (χ0) is 13.1. The van der Waals surface area contributed by atoms with Crippen LogP contribution < -0.4 is 9.64 Å². The number of rotatable bonds is 3. The fraction of sp³-hybridized carbons (Fsp3) is 0.200. The van der Waals surface area contributed by atoms with Gasteiger partial charge in [-0.1, -0.05) is 29.8 Å². The maximum Gasteiger partial charge on any atom is 0.118 e. The molecule has 0 bridgehead atoms. The largest absolute Gasteiger partial charge is 0.497 e. The smallest absolute Gasteiger partial charge is 0.118 e. The van der Waals surface area contributed by atoms with Gasteiger partial charge < -0.3 is 9.64 Å². The van der Waals surface area contributed by atoms with Gasteiger partial charge in [0.15, 0.2) is 0 Å². The highest BCUT2D eigenvalue weighted by atomic mass is 35.5. The highest BCUT2D eigenvalue weighted by Crippen LogP contribution is 2.36. The van der Waals surface area contributed by atoms with Gasteiger partial charge in [0.2, 0.25) is 0 Å². The number of nitrogens with zero attached hydrogens (tertiary/aromatic N) is 1. The van der Waals surface area contributed by atoms with E-state index in [1.165, 1.54) is 0 Å². The molecule has 0 aromatic heterocycles. The van der Waals surface area contributed by atoms with Crippen molar-refractivity contribution in [1.29, 1.82) is 0 Å². The molecule has 0 heterocycles. The Morgan fingerprint density at radius 2 is 1.67 bits per heavy atom. The Hall–Kier alpha value is -1.67. The number of methoxy groups -OCH3 is 1. The second-order valence-electron chi connectivity index (χ2n) is 4.26. The average molecular weight is 262 g/mol. The van der Waals surface area contributed by atoms with Crippen LogP contribution in [0.2, 0.25) is 5.02 Å². The molecule has 0 atom stereocenters. The van der Waals surface area contributed by atoms with Gasteiger partial charge in [0.05, 0.1) is 12.1 Å². The Bertz CT molecular complexity index is 535. The van der Waals surface area contributed by atoms with E-state index in [9.17, 15) is 0 Å². The minimum absolute atomic E-state index is 0.756. The Kier molecular flexibility index (Phi) is 3.78. The molecule has 2 rings (SSSR count). The lowest BCUT2D eigenvalue weighted by molar-refractivity contribution is 0.415. The molecule has 2 aromatic carbocycles. The fourth-order valence-electron chi connectivity index (χ4n) is 1.93. The van der Waals surface area contributed by atoms with Crippen molar-refractivity contribution < 1.29 is 4.74 Å². The SMILES string of the molecule is COc1ccc(-c2c(Cl)cccc2N(C)C)cc1. The number of hydrogen-bond donors (Lipinski definition) is 0. The molecular weight excluding hydrogens is 246 g/mol. The lowest BCUT2D eigenvalue weighted by atomic mass is 10.0. The lowest BCUT2D eigenvalue weighted by Crippen LogP contribution is -2.10. The molecule has 0 fully saturated rings. The monoisotopic (exact) mass is 261 g/mol. The molecule has 0 unspecified atom stereocenters. The molecule has 0 saturated carbocycles. The Labute approximate surface area is 113 Å². The number of ether oxygens (including phenoxy) is 1. The molecule has 3 heteroatoms. The number of anilines is 1. The minimum Gasteiger partial charge on any atom is -0.497 e. The van der Waals surface area contributed by atoms with Gasteiger partial charge in [-0.2, -0.15) is 0 Å². The zero-order valence-electron chi connectivity index (χ0n) is 10.8. The first kappa shape index (κ1) is 12.8. The van der Waals surface area contributed by atoms with E-state index in [0.29, 0.717) is 0 Å². The summed E-state index contributed by atoms with van der Waals surface area (Å²) in [5, 5.41) is 0.756. The first-order valence-corrected chi connectivity index (χ1v) is 6.11. The molecule has 0 amide bonds. The van der Waals surface area contributed by atoms with Gasteiger partial charge in [0, 0.05) is 25.3 Å². The van der Waals surface area contributed by atoms with Crippen molar-refractivity contribution in [2.24, 2.45) is 0 Å². The molecule has 0 aliphatic rings. The van der Waals surface area contributed by atoms with Gasteiger partial charge in [-0.25, -0.2) is 0 Å². The molecule has 0 aliphatic carbocycles. The van der Waals surface area contributed by atoms with Crippen molar-refractivity contribution in [2.45, 2.75) is 0 Å². The van der Waals surface area contributed by atoms with Crippen LogP contribution in [0.5, 0.6) is 5.75 Å². The number of benzene rings is 2. The molecule has 94 valence electrons. The van der Waals surface area contributed by atoms with Crippen LogP contribution in [0.15, 0.2) is 42.5 Å². The third kappa shape index (κ3) is 2.44. The van der Waals surface area contributed by atoms with E-state index in [0.717, 1.165) is 27.6 Å². The Morgan fingerprint density at radius 3 is 2.22 bits per heavy atom. The van der Waals surface area contributed by atoms with Crippen molar-refractivity contribution in [3.63, 3.8) is 0 Å². The van der Waals surface area contributed by atoms with Crippen LogP contribution in [-0.4, -0.2) is 21.2 Å². The standard InChI is InChI=1S/C15H16ClNO/c1-17(2)14-6-4-5-13(16)15(14)11-7-9-12(18-3)10-8-11/h4-10H,1-3H3. The van der Waals surface area contributed by atoms with Gasteiger partial charge in [-0.05, 0) is 29.8 Å². The molecular formula is C15H16ClNO. The van der Waals surface area contributed by atoms with Crippen LogP contribution in [0, 0.1) is 0 Å². The average Bonchev–Trinajstić information content (AvgIpc) is 2.38. The predicted octanol–water partition coefficient (Wildman–Crippen LogP) is 4.08. The topological polar surface area (TPSA) is 12.5 Å². The van der Waals surface area contributed by atoms with E-state index in [-0.39, 0.29) is 0 Å². The summed E-state index contributed by atoms with van der Waals surface area (Å²) < 4.78 is 5.17. The van der Waals surface area contributed by atoms with Crippen LogP contribution in [-0.2, 0) is 0 Å². The molecule has 0 aliphatic heterocycles. The molecule has 0 saturated heterocycles. The summed E-state index contributed by atoms with van der Waals surface area (Å²) in [6, 6.07) is 13.9. The molecule has 2 aromatic rings. The van der Waals surface area contributed by atoms with E-state index in [2.05, 4.69) is 11.0 Å². The summed E-state index contributed by atoms with van der Waals surface area (Å²) >= 11 is 6.32. The Morgan fingerprint density at radius 1 is 1.00 bits per heavy atom. The minimum atomic E-state index is 0.756. The van der Waals surface area contributed by atoms with Crippen molar-refractivity contribution in [3.05, 3.63) is 47.5 Å². The van der Waals surface area contributed by atoms with E-state index >= 15 is 0 Å². The van der Waals surface area contributed by atoms with E-state index < -0.39 is 0 Å². The van der Waals surface area contributed by atoms with Crippen LogP contribution >= 0.6 is 11.6 Å². The summed E-state index contributed by atoms with van der Waals surface area (Å²) in [6.45, 7) is 0. The van der Waals surface area contributed by atoms with E-state index in [4.69, 9.17) is 16.3 Å². The first-order valence-electron chi connectivity index (χ1n) is 5.73. The van der Waals surface area contributed by atoms with Gasteiger partial charge in [0.1, 0.15) is 5.75 Å². The van der Waals surface area contributed by atoms with Crippen molar-refractivity contribution in [1.82, 2.24) is 0 Å². The fourth-order valence-corrected chi connectivity index (χ4v) is 2.21. The lowest BCUT2D eigenvalue weighted by Gasteiger charge is -2.19. The highest BCUT2D eigenvalue weighted by molar-refractivity contribution is 6.34. The molecule has 0 N–H and O–H groups in total. The van der Waals surface area contributed by atoms with Crippen LogP contribution in [0.3, 0.4) is 0 Å². The van der Waals surface area contributed by atoms with Crippen molar-refractivity contribution in [3.8, 4) is 16.9 Å². The van der Waals surface area contributed by atoms with Crippen molar-refractivity contribution in [2.75, 3.05) is 26.1 Å². The van der Waals surface area contributed by atoms with Gasteiger partial charge in [0.25, 0.3) is 0 Å². The molecule has 2 nitrogen and oxygen atoms in total. The summed E-state index contributed by atoms with van der Waals surface area (Å²) in [5.41, 5.74) is 3.24. The number of hydrogen-bond acceptors (Lipinski definition) is 2. The summed E-state index contributed by atoms with van der Waals surface area (Å²) in [7, 11) is 5.69. The third-order valence-electron chi connectivity index (χ3n) is 2.85. The van der Waals surface area contributed by atoms with Crippen molar-refractivity contribution >= 4 is 17.3 Å².